The number of nitrogens with zero attached hydrogens (tertiary/aromatic N) is 2. The van der Waals surface area contributed by atoms with Crippen LogP contribution in [-0.2, 0) is 34.5 Å². The predicted octanol–water partition coefficient (Wildman–Crippen LogP) is 4.36. The van der Waals surface area contributed by atoms with Crippen molar-refractivity contribution < 1.29 is 17.9 Å². The Morgan fingerprint density at radius 1 is 1.20 bits per heavy atom. The second-order valence-electron chi connectivity index (χ2n) is 8.75. The van der Waals surface area contributed by atoms with Crippen molar-refractivity contribution in [1.29, 1.82) is 0 Å². The van der Waals surface area contributed by atoms with Gasteiger partial charge in [-0.15, -0.1) is 0 Å². The molecule has 0 spiro atoms. The maximum Gasteiger partial charge on any atom is 0.207 e. The van der Waals surface area contributed by atoms with E-state index in [1.165, 1.54) is 18.1 Å². The maximum atomic E-state index is 12.4. The number of rotatable bonds is 10. The first-order chi connectivity index (χ1) is 16.8. The lowest BCUT2D eigenvalue weighted by atomic mass is 9.76. The molecule has 2 atom stereocenters. The minimum absolute atomic E-state index is 0.0202. The number of hydrogen-bond donors (Lipinski definition) is 1. The van der Waals surface area contributed by atoms with E-state index in [9.17, 15) is 13.2 Å². The van der Waals surface area contributed by atoms with Gasteiger partial charge in [-0.3, -0.25) is 4.79 Å². The third-order valence-corrected chi connectivity index (χ3v) is 8.69. The number of amides is 1. The Kier molecular flexibility index (Phi) is 8.04. The summed E-state index contributed by atoms with van der Waals surface area (Å²) in [4.78, 5) is 15.2. The van der Waals surface area contributed by atoms with Crippen molar-refractivity contribution in [2.24, 2.45) is 7.05 Å². The lowest BCUT2D eigenvalue weighted by Gasteiger charge is -2.34. The topological polar surface area (TPSA) is 90.3 Å². The van der Waals surface area contributed by atoms with Crippen LogP contribution in [-0.4, -0.2) is 42.8 Å². The van der Waals surface area contributed by atoms with Gasteiger partial charge in [0, 0.05) is 25.2 Å². The van der Waals surface area contributed by atoms with E-state index in [-0.39, 0.29) is 29.3 Å². The Labute approximate surface area is 215 Å². The van der Waals surface area contributed by atoms with E-state index in [1.54, 1.807) is 17.7 Å². The van der Waals surface area contributed by atoms with Crippen LogP contribution in [0.5, 0.6) is 5.75 Å². The van der Waals surface area contributed by atoms with Gasteiger partial charge in [0.2, 0.25) is 6.41 Å². The SMILES string of the molecule is Cn1cnc(S(=O)(=O)CCCOc2ccc3c(c2)C(Cc2ccc(Cl)c(Cl)c2)C(NC=O)CC3)c1. The van der Waals surface area contributed by atoms with Crippen LogP contribution in [0.25, 0.3) is 0 Å². The molecule has 186 valence electrons. The van der Waals surface area contributed by atoms with Crippen LogP contribution in [0.4, 0.5) is 0 Å². The highest BCUT2D eigenvalue weighted by molar-refractivity contribution is 7.91. The van der Waals surface area contributed by atoms with Gasteiger partial charge < -0.3 is 14.6 Å². The second kappa shape index (κ2) is 11.0. The molecule has 1 aromatic heterocycles. The summed E-state index contributed by atoms with van der Waals surface area (Å²) in [7, 11) is -1.71. The number of fused-ring (bicyclic) bond motifs is 1. The highest BCUT2D eigenvalue weighted by Crippen LogP contribution is 2.37. The monoisotopic (exact) mass is 535 g/mol. The number of halogens is 2. The van der Waals surface area contributed by atoms with Gasteiger partial charge in [-0.2, -0.15) is 0 Å². The number of benzene rings is 2. The van der Waals surface area contributed by atoms with E-state index in [0.717, 1.165) is 30.4 Å². The predicted molar refractivity (Wildman–Crippen MR) is 136 cm³/mol. The number of carbonyl (C=O) groups excluding carboxylic acids is 1. The lowest BCUT2D eigenvalue weighted by Crippen LogP contribution is -2.38. The highest BCUT2D eigenvalue weighted by atomic mass is 35.5. The first-order valence-electron chi connectivity index (χ1n) is 11.4. The van der Waals surface area contributed by atoms with Crippen molar-refractivity contribution in [3.63, 3.8) is 0 Å². The van der Waals surface area contributed by atoms with Crippen molar-refractivity contribution in [2.75, 3.05) is 12.4 Å². The standard InChI is InChI=1S/C25H27Cl2N3O4S/c1-30-14-25(28-15-30)35(32,33)10-2-9-34-19-6-4-18-5-8-24(29-16-31)21(20(18)13-19)11-17-3-7-22(26)23(27)12-17/h3-4,6-7,12-16,21,24H,2,5,8-11H2,1H3,(H,29,31). The first kappa shape index (κ1) is 25.5. The molecular weight excluding hydrogens is 509 g/mol. The molecular formula is C25H27Cl2N3O4S. The van der Waals surface area contributed by atoms with Crippen molar-refractivity contribution in [3.05, 3.63) is 75.7 Å². The van der Waals surface area contributed by atoms with Gasteiger partial charge >= 0.3 is 0 Å². The van der Waals surface area contributed by atoms with Gasteiger partial charge in [0.1, 0.15) is 5.75 Å². The Morgan fingerprint density at radius 3 is 2.74 bits per heavy atom. The molecule has 0 fully saturated rings. The zero-order valence-corrected chi connectivity index (χ0v) is 21.6. The highest BCUT2D eigenvalue weighted by Gasteiger charge is 2.30. The molecule has 2 aromatic carbocycles. The van der Waals surface area contributed by atoms with Crippen molar-refractivity contribution in [1.82, 2.24) is 14.9 Å². The normalized spacial score (nSPS) is 17.6. The minimum Gasteiger partial charge on any atom is -0.494 e. The summed E-state index contributed by atoms with van der Waals surface area (Å²) < 4.78 is 32.4. The molecule has 4 rings (SSSR count). The average Bonchev–Trinajstić information content (AvgIpc) is 3.28. The number of sulfone groups is 1. The third-order valence-electron chi connectivity index (χ3n) is 6.27. The van der Waals surface area contributed by atoms with Crippen LogP contribution >= 0.6 is 23.2 Å². The summed E-state index contributed by atoms with van der Waals surface area (Å²) in [6.07, 6.45) is 6.43. The molecule has 10 heteroatoms. The molecule has 35 heavy (non-hydrogen) atoms. The molecule has 1 amide bonds. The number of aromatic nitrogens is 2. The lowest BCUT2D eigenvalue weighted by molar-refractivity contribution is -0.110. The molecule has 0 aliphatic heterocycles. The first-order valence-corrected chi connectivity index (χ1v) is 13.8. The third kappa shape index (κ3) is 6.18. The molecule has 0 bridgehead atoms. The summed E-state index contributed by atoms with van der Waals surface area (Å²) in [6.45, 7) is 0.262. The van der Waals surface area contributed by atoms with E-state index >= 15 is 0 Å². The largest absolute Gasteiger partial charge is 0.494 e. The summed E-state index contributed by atoms with van der Waals surface area (Å²) in [5, 5.41) is 4.05. The Morgan fingerprint density at radius 2 is 2.03 bits per heavy atom. The fourth-order valence-corrected chi connectivity index (χ4v) is 6.08. The zero-order valence-electron chi connectivity index (χ0n) is 19.3. The van der Waals surface area contributed by atoms with Crippen LogP contribution in [0, 0.1) is 0 Å². The smallest absolute Gasteiger partial charge is 0.207 e. The van der Waals surface area contributed by atoms with Crippen LogP contribution in [0.3, 0.4) is 0 Å². The summed E-state index contributed by atoms with van der Waals surface area (Å²) in [5.74, 6) is 0.666. The molecule has 0 saturated carbocycles. The van der Waals surface area contributed by atoms with Gasteiger partial charge in [-0.05, 0) is 66.6 Å². The number of nitrogens with one attached hydrogen (secondary N) is 1. The summed E-state index contributed by atoms with van der Waals surface area (Å²) >= 11 is 12.3. The van der Waals surface area contributed by atoms with Crippen molar-refractivity contribution in [3.8, 4) is 5.75 Å². The van der Waals surface area contributed by atoms with E-state index in [4.69, 9.17) is 27.9 Å². The molecule has 2 unspecified atom stereocenters. The summed E-state index contributed by atoms with van der Waals surface area (Å²) in [5.41, 5.74) is 3.35. The van der Waals surface area contributed by atoms with Gasteiger partial charge in [-0.25, -0.2) is 13.4 Å². The molecule has 1 aliphatic rings. The number of imidazole rings is 1. The molecule has 1 N–H and O–H groups in total. The van der Waals surface area contributed by atoms with Crippen LogP contribution in [0.2, 0.25) is 10.0 Å². The van der Waals surface area contributed by atoms with Gasteiger partial charge in [0.05, 0.1) is 28.7 Å². The van der Waals surface area contributed by atoms with E-state index in [1.807, 2.05) is 30.3 Å². The fraction of sp³-hybridized carbons (Fsp3) is 0.360. The minimum atomic E-state index is -3.45. The number of hydrogen-bond acceptors (Lipinski definition) is 5. The average molecular weight is 536 g/mol. The zero-order chi connectivity index (χ0) is 25.0. The quantitative estimate of drug-likeness (QED) is 0.307. The second-order valence-corrected chi connectivity index (χ2v) is 11.6. The van der Waals surface area contributed by atoms with Gasteiger partial charge in [0.25, 0.3) is 0 Å². The van der Waals surface area contributed by atoms with E-state index in [0.29, 0.717) is 28.6 Å². The molecule has 1 aliphatic carbocycles. The summed E-state index contributed by atoms with van der Waals surface area (Å²) in [6, 6.07) is 11.5. The number of carbonyl (C=O) groups is 1. The van der Waals surface area contributed by atoms with Crippen LogP contribution in [0.15, 0.2) is 53.9 Å². The van der Waals surface area contributed by atoms with Crippen LogP contribution < -0.4 is 10.1 Å². The Hall–Kier alpha value is -2.55. The van der Waals surface area contributed by atoms with E-state index in [2.05, 4.69) is 10.3 Å². The number of aryl methyl sites for hydroxylation is 2. The molecule has 0 radical (unpaired) electrons. The Bertz CT molecular complexity index is 1310. The van der Waals surface area contributed by atoms with E-state index < -0.39 is 9.84 Å². The van der Waals surface area contributed by atoms with Crippen molar-refractivity contribution >= 4 is 39.4 Å². The van der Waals surface area contributed by atoms with Crippen molar-refractivity contribution in [2.45, 2.75) is 42.7 Å². The molecule has 3 aromatic rings. The van der Waals surface area contributed by atoms with Gasteiger partial charge in [0.15, 0.2) is 14.9 Å². The van der Waals surface area contributed by atoms with Crippen LogP contribution in [0.1, 0.15) is 35.4 Å². The maximum absolute atomic E-state index is 12.4. The fourth-order valence-electron chi connectivity index (χ4n) is 4.52. The molecule has 1 heterocycles. The Balaban J connectivity index is 1.46. The molecule has 7 nitrogen and oxygen atoms in total. The molecule has 0 saturated heterocycles. The van der Waals surface area contributed by atoms with Gasteiger partial charge in [-0.1, -0.05) is 35.3 Å². The number of ether oxygens (including phenoxy) is 1.